The minimum absolute atomic E-state index is 0.854. The van der Waals surface area contributed by atoms with Crippen molar-refractivity contribution >= 4 is 11.4 Å². The molecule has 1 aliphatic heterocycles. The highest BCUT2D eigenvalue weighted by atomic mass is 16.5. The molecule has 0 fully saturated rings. The van der Waals surface area contributed by atoms with Gasteiger partial charge in [0.05, 0.1) is 25.6 Å². The fourth-order valence-corrected chi connectivity index (χ4v) is 2.78. The van der Waals surface area contributed by atoms with E-state index in [2.05, 4.69) is 10.2 Å². The Kier molecular flexibility index (Phi) is 5.26. The molecule has 0 spiro atoms. The molecule has 0 saturated heterocycles. The zero-order chi connectivity index (χ0) is 16.8. The van der Waals surface area contributed by atoms with E-state index in [1.807, 2.05) is 48.5 Å². The van der Waals surface area contributed by atoms with E-state index in [1.165, 1.54) is 0 Å². The van der Waals surface area contributed by atoms with Gasteiger partial charge >= 0.3 is 0 Å². The average Bonchev–Trinajstić information content (AvgIpc) is 2.62. The Hall–Kier alpha value is -2.62. The molecule has 0 bridgehead atoms. The molecule has 1 heterocycles. The molecular formula is C20H22N2O2. The molecule has 0 aliphatic carbocycles. The van der Waals surface area contributed by atoms with E-state index in [4.69, 9.17) is 9.47 Å². The first-order chi connectivity index (χ1) is 11.8. The second-order valence-electron chi connectivity index (χ2n) is 5.76. The summed E-state index contributed by atoms with van der Waals surface area (Å²) >= 11 is 0. The lowest BCUT2D eigenvalue weighted by atomic mass is 9.99. The van der Waals surface area contributed by atoms with E-state index < -0.39 is 0 Å². The van der Waals surface area contributed by atoms with E-state index in [0.717, 1.165) is 59.7 Å². The van der Waals surface area contributed by atoms with Gasteiger partial charge in [0.15, 0.2) is 0 Å². The van der Waals surface area contributed by atoms with Crippen LogP contribution in [0.4, 0.5) is 0 Å². The fourth-order valence-electron chi connectivity index (χ4n) is 2.78. The Morgan fingerprint density at radius 3 is 1.33 bits per heavy atom. The van der Waals surface area contributed by atoms with Gasteiger partial charge in [-0.2, -0.15) is 10.2 Å². The van der Waals surface area contributed by atoms with Gasteiger partial charge in [0.1, 0.15) is 11.5 Å². The Balaban J connectivity index is 1.87. The van der Waals surface area contributed by atoms with Gasteiger partial charge in [0.25, 0.3) is 0 Å². The number of nitrogens with zero attached hydrogens (tertiary/aromatic N) is 2. The summed E-state index contributed by atoms with van der Waals surface area (Å²) in [5, 5.41) is 9.08. The molecule has 124 valence electrons. The third-order valence-corrected chi connectivity index (χ3v) is 4.22. The summed E-state index contributed by atoms with van der Waals surface area (Å²) in [4.78, 5) is 0. The molecule has 1 aliphatic rings. The SMILES string of the molecule is COc1ccc(C2=NN=C(c3ccc(OC)cc3)CCCC2)cc1. The average molecular weight is 322 g/mol. The Morgan fingerprint density at radius 2 is 1.00 bits per heavy atom. The van der Waals surface area contributed by atoms with E-state index >= 15 is 0 Å². The van der Waals surface area contributed by atoms with Gasteiger partial charge in [-0.15, -0.1) is 0 Å². The highest BCUT2D eigenvalue weighted by molar-refractivity contribution is 6.04. The molecule has 0 atom stereocenters. The first kappa shape index (κ1) is 16.2. The van der Waals surface area contributed by atoms with Gasteiger partial charge in [-0.05, 0) is 85.3 Å². The van der Waals surface area contributed by atoms with E-state index in [1.54, 1.807) is 14.2 Å². The monoisotopic (exact) mass is 322 g/mol. The molecule has 4 nitrogen and oxygen atoms in total. The molecule has 24 heavy (non-hydrogen) atoms. The van der Waals surface area contributed by atoms with Crippen molar-refractivity contribution in [1.29, 1.82) is 0 Å². The molecule has 0 aromatic heterocycles. The fraction of sp³-hybridized carbons (Fsp3) is 0.300. The van der Waals surface area contributed by atoms with Gasteiger partial charge in [0, 0.05) is 0 Å². The van der Waals surface area contributed by atoms with Gasteiger partial charge in [-0.25, -0.2) is 0 Å². The van der Waals surface area contributed by atoms with E-state index in [-0.39, 0.29) is 0 Å². The standard InChI is InChI=1S/C20H22N2O2/c1-23-17-11-7-15(8-12-17)19-5-3-4-6-20(22-21-19)16-9-13-18(24-2)14-10-16/h7-14H,3-6H2,1-2H3. The minimum Gasteiger partial charge on any atom is -0.497 e. The van der Waals surface area contributed by atoms with Crippen LogP contribution in [0.1, 0.15) is 36.8 Å². The van der Waals surface area contributed by atoms with Crippen LogP contribution in [0.3, 0.4) is 0 Å². The second kappa shape index (κ2) is 7.77. The quantitative estimate of drug-likeness (QED) is 0.833. The molecule has 0 N–H and O–H groups in total. The molecular weight excluding hydrogens is 300 g/mol. The minimum atomic E-state index is 0.854. The molecule has 3 rings (SSSR count). The topological polar surface area (TPSA) is 43.2 Å². The van der Waals surface area contributed by atoms with Crippen molar-refractivity contribution in [2.75, 3.05) is 14.2 Å². The van der Waals surface area contributed by atoms with E-state index in [0.29, 0.717) is 0 Å². The van der Waals surface area contributed by atoms with Crippen molar-refractivity contribution in [2.45, 2.75) is 25.7 Å². The van der Waals surface area contributed by atoms with Crippen LogP contribution >= 0.6 is 0 Å². The maximum absolute atomic E-state index is 5.22. The van der Waals surface area contributed by atoms with Gasteiger partial charge in [-0.3, -0.25) is 0 Å². The molecule has 0 unspecified atom stereocenters. The van der Waals surface area contributed by atoms with Crippen LogP contribution in [0.2, 0.25) is 0 Å². The summed E-state index contributed by atoms with van der Waals surface area (Å²) in [5.41, 5.74) is 4.28. The summed E-state index contributed by atoms with van der Waals surface area (Å²) in [6.45, 7) is 0. The smallest absolute Gasteiger partial charge is 0.118 e. The van der Waals surface area contributed by atoms with Crippen molar-refractivity contribution in [3.05, 3.63) is 59.7 Å². The molecule has 2 aromatic carbocycles. The summed E-state index contributed by atoms with van der Waals surface area (Å²) in [7, 11) is 3.35. The van der Waals surface area contributed by atoms with Crippen molar-refractivity contribution in [2.24, 2.45) is 10.2 Å². The Labute approximate surface area is 142 Å². The maximum atomic E-state index is 5.22. The van der Waals surface area contributed by atoms with E-state index in [9.17, 15) is 0 Å². The first-order valence-electron chi connectivity index (χ1n) is 8.22. The normalized spacial score (nSPS) is 14.9. The molecule has 0 radical (unpaired) electrons. The van der Waals surface area contributed by atoms with Crippen LogP contribution < -0.4 is 9.47 Å². The maximum Gasteiger partial charge on any atom is 0.118 e. The van der Waals surface area contributed by atoms with Crippen LogP contribution in [0, 0.1) is 0 Å². The van der Waals surface area contributed by atoms with Crippen LogP contribution in [-0.2, 0) is 0 Å². The Morgan fingerprint density at radius 1 is 0.625 bits per heavy atom. The largest absolute Gasteiger partial charge is 0.497 e. The number of hydrogen-bond acceptors (Lipinski definition) is 4. The Bertz CT molecular complexity index is 666. The van der Waals surface area contributed by atoms with Crippen LogP contribution in [0.25, 0.3) is 0 Å². The number of methoxy groups -OCH3 is 2. The predicted molar refractivity (Wildman–Crippen MR) is 97.5 cm³/mol. The summed E-state index contributed by atoms with van der Waals surface area (Å²) in [6.07, 6.45) is 4.12. The first-order valence-corrected chi connectivity index (χ1v) is 8.22. The molecule has 0 amide bonds. The summed E-state index contributed by atoms with van der Waals surface area (Å²) in [6, 6.07) is 16.0. The summed E-state index contributed by atoms with van der Waals surface area (Å²) < 4.78 is 10.4. The predicted octanol–water partition coefficient (Wildman–Crippen LogP) is 4.47. The van der Waals surface area contributed by atoms with Crippen molar-refractivity contribution in [3.63, 3.8) is 0 Å². The number of rotatable bonds is 4. The van der Waals surface area contributed by atoms with Crippen LogP contribution in [-0.4, -0.2) is 25.6 Å². The van der Waals surface area contributed by atoms with Crippen molar-refractivity contribution < 1.29 is 9.47 Å². The number of ether oxygens (including phenoxy) is 2. The van der Waals surface area contributed by atoms with Gasteiger partial charge in [-0.1, -0.05) is 0 Å². The van der Waals surface area contributed by atoms with Gasteiger partial charge < -0.3 is 9.47 Å². The zero-order valence-corrected chi connectivity index (χ0v) is 14.2. The molecule has 0 saturated carbocycles. The highest BCUT2D eigenvalue weighted by Crippen LogP contribution is 2.20. The van der Waals surface area contributed by atoms with Gasteiger partial charge in [0.2, 0.25) is 0 Å². The molecule has 2 aromatic rings. The lowest BCUT2D eigenvalue weighted by molar-refractivity contribution is 0.414. The van der Waals surface area contributed by atoms with Crippen LogP contribution in [0.5, 0.6) is 11.5 Å². The third kappa shape index (κ3) is 3.82. The third-order valence-electron chi connectivity index (χ3n) is 4.22. The zero-order valence-electron chi connectivity index (χ0n) is 14.2. The lowest BCUT2D eigenvalue weighted by Crippen LogP contribution is -2.07. The highest BCUT2D eigenvalue weighted by Gasteiger charge is 2.10. The number of hydrogen-bond donors (Lipinski definition) is 0. The number of benzene rings is 2. The van der Waals surface area contributed by atoms with Crippen LogP contribution in [0.15, 0.2) is 58.7 Å². The van der Waals surface area contributed by atoms with Crippen molar-refractivity contribution in [1.82, 2.24) is 0 Å². The molecule has 4 heteroatoms. The van der Waals surface area contributed by atoms with Crippen molar-refractivity contribution in [3.8, 4) is 11.5 Å². The lowest BCUT2D eigenvalue weighted by Gasteiger charge is -2.12. The second-order valence-corrected chi connectivity index (χ2v) is 5.76. The summed E-state index contributed by atoms with van der Waals surface area (Å²) in [5.74, 6) is 1.71.